The molecule has 2 aromatic rings. The van der Waals surface area contributed by atoms with Gasteiger partial charge in [-0.15, -0.1) is 0 Å². The number of nitrogen functional groups attached to an aromatic ring is 1. The van der Waals surface area contributed by atoms with Crippen LogP contribution in [0.2, 0.25) is 22.2 Å². The fraction of sp³-hybridized carbons (Fsp3) is 0.571. The van der Waals surface area contributed by atoms with E-state index in [1.54, 1.807) is 6.07 Å². The van der Waals surface area contributed by atoms with Gasteiger partial charge in [-0.05, 0) is 40.4 Å². The third kappa shape index (κ3) is 5.58. The zero-order chi connectivity index (χ0) is 31.2. The molecule has 2 fully saturated rings. The van der Waals surface area contributed by atoms with E-state index in [9.17, 15) is 13.2 Å². The first kappa shape index (κ1) is 32.7. The largest absolute Gasteiger partial charge is 0.414 e. The van der Waals surface area contributed by atoms with Crippen molar-refractivity contribution in [3.63, 3.8) is 0 Å². The van der Waals surface area contributed by atoms with Gasteiger partial charge >= 0.3 is 22.8 Å². The number of anilines is 1. The molecule has 2 saturated heterocycles. The molecule has 10 nitrogen and oxygen atoms in total. The van der Waals surface area contributed by atoms with Gasteiger partial charge in [-0.25, -0.2) is 13.2 Å². The lowest BCUT2D eigenvalue weighted by molar-refractivity contribution is -0.0561. The van der Waals surface area contributed by atoms with Gasteiger partial charge in [-0.2, -0.15) is 9.37 Å². The maximum Gasteiger partial charge on any atom is 0.351 e. The molecule has 2 N–H and O–H groups in total. The molecule has 1 aromatic carbocycles. The predicted molar refractivity (Wildman–Crippen MR) is 162 cm³/mol. The van der Waals surface area contributed by atoms with Crippen molar-refractivity contribution >= 4 is 32.8 Å². The first-order chi connectivity index (χ1) is 19.6. The molecule has 3 atom stereocenters. The maximum atomic E-state index is 16.7. The van der Waals surface area contributed by atoms with Crippen molar-refractivity contribution in [1.82, 2.24) is 9.55 Å². The zero-order valence-electron chi connectivity index (χ0n) is 25.4. The van der Waals surface area contributed by atoms with Gasteiger partial charge in [0.2, 0.25) is 15.0 Å². The van der Waals surface area contributed by atoms with Crippen LogP contribution in [0.3, 0.4) is 0 Å². The summed E-state index contributed by atoms with van der Waals surface area (Å²) in [6.45, 7) is 16.3. The van der Waals surface area contributed by atoms with Gasteiger partial charge in [-0.3, -0.25) is 4.57 Å². The standard InChI is InChI=1S/C28H42FN3O7SSi2/c1-17(2)41(18(3)4)36-16-22-25(38-42(39-41,19(5)6)20(7)8)24(26(29)40(34,35)21-12-10-9-11-13-21)27(37-22)32-15-14-23(30)31-28(32)33/h9-15,17-20,22,25,27H,16H2,1-8H3,(H2,30,31,33)/b26-24-/t22-,25-,27-/m1/s1. The lowest BCUT2D eigenvalue weighted by atomic mass is 10.1. The second kappa shape index (κ2) is 12.1. The Labute approximate surface area is 249 Å². The molecular weight excluding hydrogens is 598 g/mol. The summed E-state index contributed by atoms with van der Waals surface area (Å²) in [5, 5.41) is -1.44. The minimum Gasteiger partial charge on any atom is -0.414 e. The van der Waals surface area contributed by atoms with Crippen LogP contribution >= 0.6 is 0 Å². The highest BCUT2D eigenvalue weighted by Crippen LogP contribution is 2.50. The minimum atomic E-state index is -4.65. The first-order valence-electron chi connectivity index (χ1n) is 14.3. The summed E-state index contributed by atoms with van der Waals surface area (Å²) in [5.41, 5.74) is 4.44. The molecule has 0 bridgehead atoms. The maximum absolute atomic E-state index is 16.7. The van der Waals surface area contributed by atoms with Crippen LogP contribution in [0.4, 0.5) is 10.2 Å². The monoisotopic (exact) mass is 639 g/mol. The number of fused-ring (bicyclic) bond motifs is 1. The number of hydrogen-bond donors (Lipinski definition) is 1. The van der Waals surface area contributed by atoms with Crippen LogP contribution in [0.25, 0.3) is 0 Å². The number of ether oxygens (including phenoxy) is 1. The Kier molecular flexibility index (Phi) is 9.39. The zero-order valence-corrected chi connectivity index (χ0v) is 28.2. The minimum absolute atomic E-state index is 0.0353. The highest BCUT2D eigenvalue weighted by atomic mass is 32.2. The quantitative estimate of drug-likeness (QED) is 0.399. The summed E-state index contributed by atoms with van der Waals surface area (Å²) in [6, 6.07) is 8.65. The third-order valence-corrected chi connectivity index (χ3v) is 20.0. The van der Waals surface area contributed by atoms with Crippen LogP contribution in [-0.2, 0) is 27.5 Å². The Morgan fingerprint density at radius 1 is 0.976 bits per heavy atom. The molecule has 0 unspecified atom stereocenters. The van der Waals surface area contributed by atoms with E-state index in [0.717, 1.165) is 4.57 Å². The van der Waals surface area contributed by atoms with Crippen molar-refractivity contribution in [2.45, 2.75) is 101 Å². The predicted octanol–water partition coefficient (Wildman–Crippen LogP) is 5.33. The van der Waals surface area contributed by atoms with Gasteiger partial charge in [0.1, 0.15) is 18.0 Å². The molecule has 0 aliphatic carbocycles. The van der Waals surface area contributed by atoms with Crippen LogP contribution in [0, 0.1) is 0 Å². The number of nitrogens with two attached hydrogens (primary N) is 1. The molecule has 0 amide bonds. The van der Waals surface area contributed by atoms with Crippen molar-refractivity contribution in [1.29, 1.82) is 0 Å². The average Bonchev–Trinajstić information content (AvgIpc) is 3.24. The lowest BCUT2D eigenvalue weighted by Crippen LogP contribution is -2.65. The molecule has 0 spiro atoms. The van der Waals surface area contributed by atoms with Gasteiger partial charge in [0, 0.05) is 6.20 Å². The molecule has 232 valence electrons. The van der Waals surface area contributed by atoms with Crippen molar-refractivity contribution in [2.75, 3.05) is 12.3 Å². The highest BCUT2D eigenvalue weighted by molar-refractivity contribution is 7.95. The molecule has 1 aromatic heterocycles. The lowest BCUT2D eigenvalue weighted by Gasteiger charge is -2.51. The number of rotatable bonds is 7. The molecule has 42 heavy (non-hydrogen) atoms. The van der Waals surface area contributed by atoms with E-state index in [2.05, 4.69) is 32.7 Å². The number of nitrogens with zero attached hydrogens (tertiary/aromatic N) is 2. The third-order valence-electron chi connectivity index (χ3n) is 8.16. The molecule has 0 radical (unpaired) electrons. The SMILES string of the molecule is CC(C)[Si]1(C(C)C)OC[C@H]2O[C@@H](n3ccc(N)nc3=O)/C(=C(/F)S(=O)(=O)c3ccccc3)[C@@H]2O[Si](C(C)C)(C(C)C)O1. The molecular formula is C28H42FN3O7SSi2. The molecule has 0 saturated carbocycles. The first-order valence-corrected chi connectivity index (χ1v) is 19.7. The van der Waals surface area contributed by atoms with E-state index in [1.165, 1.54) is 36.5 Å². The van der Waals surface area contributed by atoms with Crippen molar-refractivity contribution in [2.24, 2.45) is 0 Å². The van der Waals surface area contributed by atoms with Crippen LogP contribution in [0.15, 0.2) is 63.0 Å². The number of hydrogen-bond acceptors (Lipinski definition) is 9. The summed E-state index contributed by atoms with van der Waals surface area (Å²) in [6.07, 6.45) is -2.30. The van der Waals surface area contributed by atoms with Crippen LogP contribution in [-0.4, -0.2) is 53.9 Å². The molecule has 4 rings (SSSR count). The summed E-state index contributed by atoms with van der Waals surface area (Å²) in [4.78, 5) is 16.5. The summed E-state index contributed by atoms with van der Waals surface area (Å²) in [5.74, 6) is -0.0353. The smallest absolute Gasteiger partial charge is 0.351 e. The van der Waals surface area contributed by atoms with Crippen molar-refractivity contribution in [3.05, 3.63) is 63.8 Å². The van der Waals surface area contributed by atoms with E-state index in [0.29, 0.717) is 0 Å². The van der Waals surface area contributed by atoms with Gasteiger partial charge in [0.05, 0.1) is 17.1 Å². The number of aromatic nitrogens is 2. The number of benzene rings is 1. The van der Waals surface area contributed by atoms with Gasteiger partial charge < -0.3 is 23.4 Å². The van der Waals surface area contributed by atoms with Gasteiger partial charge in [0.25, 0.3) is 0 Å². The normalized spacial score (nSPS) is 25.5. The Hall–Kier alpha value is -2.21. The number of sulfone groups is 1. The van der Waals surface area contributed by atoms with E-state index < -0.39 is 56.2 Å². The Morgan fingerprint density at radius 2 is 1.55 bits per heavy atom. The summed E-state index contributed by atoms with van der Waals surface area (Å²) < 4.78 is 72.3. The van der Waals surface area contributed by atoms with Crippen LogP contribution < -0.4 is 11.4 Å². The second-order valence-corrected chi connectivity index (χ2v) is 22.8. The van der Waals surface area contributed by atoms with Gasteiger partial charge in [0.15, 0.2) is 6.23 Å². The van der Waals surface area contributed by atoms with Crippen LogP contribution in [0.1, 0.15) is 61.6 Å². The van der Waals surface area contributed by atoms with Gasteiger partial charge in [-0.1, -0.05) is 73.6 Å². The fourth-order valence-electron chi connectivity index (χ4n) is 5.93. The van der Waals surface area contributed by atoms with E-state index in [4.69, 9.17) is 23.4 Å². The average molecular weight is 640 g/mol. The molecule has 14 heteroatoms. The molecule has 2 aliphatic heterocycles. The van der Waals surface area contributed by atoms with E-state index in [1.807, 2.05) is 27.7 Å². The summed E-state index contributed by atoms with van der Waals surface area (Å²) in [7, 11) is -10.9. The molecule has 2 aliphatic rings. The topological polar surface area (TPSA) is 132 Å². The number of halogens is 1. The van der Waals surface area contributed by atoms with E-state index >= 15 is 4.39 Å². The van der Waals surface area contributed by atoms with Crippen molar-refractivity contribution < 1.29 is 30.5 Å². The van der Waals surface area contributed by atoms with E-state index in [-0.39, 0.29) is 45.1 Å². The Balaban J connectivity index is 2.00. The Bertz CT molecular complexity index is 1470. The second-order valence-electron chi connectivity index (χ2n) is 12.1. The molecule has 3 heterocycles. The van der Waals surface area contributed by atoms with Crippen LogP contribution in [0.5, 0.6) is 0 Å². The van der Waals surface area contributed by atoms with Crippen molar-refractivity contribution in [3.8, 4) is 0 Å². The Morgan fingerprint density at radius 3 is 2.07 bits per heavy atom. The highest BCUT2D eigenvalue weighted by Gasteiger charge is 2.61. The fourth-order valence-corrected chi connectivity index (χ4v) is 18.3. The summed E-state index contributed by atoms with van der Waals surface area (Å²) >= 11 is 0.